The molecule has 1 fully saturated rings. The van der Waals surface area contributed by atoms with Gasteiger partial charge in [0.05, 0.1) is 28.8 Å². The van der Waals surface area contributed by atoms with Crippen molar-refractivity contribution in [3.05, 3.63) is 65.2 Å². The van der Waals surface area contributed by atoms with E-state index in [2.05, 4.69) is 4.98 Å². The molecule has 1 aliphatic rings. The molecule has 1 aromatic heterocycles. The summed E-state index contributed by atoms with van der Waals surface area (Å²) < 4.78 is 37.7. The molecule has 0 radical (unpaired) electrons. The number of ether oxygens (including phenoxy) is 2. The Morgan fingerprint density at radius 2 is 1.90 bits per heavy atom. The summed E-state index contributed by atoms with van der Waals surface area (Å²) in [5, 5.41) is 2.59. The number of methoxy groups -OCH3 is 1. The van der Waals surface area contributed by atoms with Crippen molar-refractivity contribution >= 4 is 27.3 Å². The Morgan fingerprint density at radius 1 is 1.13 bits per heavy atom. The molecule has 0 unspecified atom stereocenters. The van der Waals surface area contributed by atoms with Crippen LogP contribution in [0, 0.1) is 0 Å². The molecule has 1 saturated heterocycles. The number of benzene rings is 2. The molecule has 1 aliphatic heterocycles. The van der Waals surface area contributed by atoms with Crippen LogP contribution >= 0.6 is 11.3 Å². The van der Waals surface area contributed by atoms with Gasteiger partial charge in [0.15, 0.2) is 0 Å². The molecule has 0 aliphatic carbocycles. The third-order valence-electron chi connectivity index (χ3n) is 5.01. The zero-order chi connectivity index (χ0) is 21.8. The normalized spacial score (nSPS) is 14.5. The van der Waals surface area contributed by atoms with Crippen molar-refractivity contribution in [2.45, 2.75) is 24.3 Å². The van der Waals surface area contributed by atoms with Crippen molar-refractivity contribution < 1.29 is 22.7 Å². The fourth-order valence-electron chi connectivity index (χ4n) is 3.40. The molecule has 0 spiro atoms. The average molecular weight is 459 g/mol. The predicted molar refractivity (Wildman–Crippen MR) is 118 cm³/mol. The van der Waals surface area contributed by atoms with Crippen LogP contribution in [0.25, 0.3) is 10.6 Å². The summed E-state index contributed by atoms with van der Waals surface area (Å²) >= 11 is 1.43. The van der Waals surface area contributed by atoms with E-state index in [1.807, 2.05) is 29.6 Å². The average Bonchev–Trinajstić information content (AvgIpc) is 3.50. The highest BCUT2D eigenvalue weighted by Crippen LogP contribution is 2.32. The Kier molecular flexibility index (Phi) is 6.35. The van der Waals surface area contributed by atoms with Crippen molar-refractivity contribution in [1.29, 1.82) is 0 Å². The summed E-state index contributed by atoms with van der Waals surface area (Å²) in [7, 11) is -1.99. The van der Waals surface area contributed by atoms with E-state index in [1.54, 1.807) is 19.2 Å². The maximum Gasteiger partial charge on any atom is 0.338 e. The van der Waals surface area contributed by atoms with Crippen LogP contribution in [0.3, 0.4) is 0 Å². The first kappa shape index (κ1) is 21.5. The first-order valence-electron chi connectivity index (χ1n) is 9.84. The third-order valence-corrected chi connectivity index (χ3v) is 7.83. The van der Waals surface area contributed by atoms with Crippen LogP contribution < -0.4 is 4.74 Å². The number of hydrogen-bond acceptors (Lipinski definition) is 7. The number of aromatic nitrogens is 1. The molecule has 162 valence electrons. The Hall–Kier alpha value is -2.75. The Morgan fingerprint density at radius 3 is 2.68 bits per heavy atom. The number of thiazole rings is 1. The molecule has 3 aromatic rings. The highest BCUT2D eigenvalue weighted by atomic mass is 32.2. The van der Waals surface area contributed by atoms with E-state index in [1.165, 1.54) is 27.8 Å². The second-order valence-corrected chi connectivity index (χ2v) is 9.86. The fourth-order valence-corrected chi connectivity index (χ4v) is 5.80. The van der Waals surface area contributed by atoms with Gasteiger partial charge < -0.3 is 9.47 Å². The van der Waals surface area contributed by atoms with Crippen molar-refractivity contribution in [3.63, 3.8) is 0 Å². The molecule has 7 nitrogen and oxygen atoms in total. The molecule has 0 saturated carbocycles. The predicted octanol–water partition coefficient (Wildman–Crippen LogP) is 3.96. The standard InChI is InChI=1S/C22H22N2O5S2/c1-28-20-10-3-2-9-19(20)21-23-17(15-30-21)14-29-22(25)16-7-6-8-18(13-16)31(26,27)24-11-4-5-12-24/h2-3,6-10,13,15H,4-5,11-12,14H2,1H3. The van der Waals surface area contributed by atoms with E-state index >= 15 is 0 Å². The van der Waals surface area contributed by atoms with Crippen molar-refractivity contribution in [2.75, 3.05) is 20.2 Å². The molecule has 2 heterocycles. The zero-order valence-electron chi connectivity index (χ0n) is 17.0. The summed E-state index contributed by atoms with van der Waals surface area (Å²) in [4.78, 5) is 17.2. The van der Waals surface area contributed by atoms with Gasteiger partial charge in [0.2, 0.25) is 10.0 Å². The fraction of sp³-hybridized carbons (Fsp3) is 0.273. The highest BCUT2D eigenvalue weighted by molar-refractivity contribution is 7.89. The van der Waals surface area contributed by atoms with E-state index in [0.717, 1.165) is 29.2 Å². The Bertz CT molecular complexity index is 1180. The number of para-hydroxylation sites is 1. The van der Waals surface area contributed by atoms with Crippen LogP contribution in [0.15, 0.2) is 58.8 Å². The van der Waals surface area contributed by atoms with Gasteiger partial charge in [-0.2, -0.15) is 4.31 Å². The van der Waals surface area contributed by atoms with Gasteiger partial charge in [-0.1, -0.05) is 18.2 Å². The van der Waals surface area contributed by atoms with Crippen molar-refractivity contribution in [2.24, 2.45) is 0 Å². The van der Waals surface area contributed by atoms with Crippen LogP contribution in [-0.4, -0.2) is 43.9 Å². The highest BCUT2D eigenvalue weighted by Gasteiger charge is 2.27. The topological polar surface area (TPSA) is 85.8 Å². The Balaban J connectivity index is 1.45. The lowest BCUT2D eigenvalue weighted by molar-refractivity contribution is 0.0468. The molecular weight excluding hydrogens is 436 g/mol. The molecule has 0 atom stereocenters. The molecular formula is C22H22N2O5S2. The number of hydrogen-bond donors (Lipinski definition) is 0. The lowest BCUT2D eigenvalue weighted by Crippen LogP contribution is -2.28. The van der Waals surface area contributed by atoms with E-state index in [-0.39, 0.29) is 17.1 Å². The number of carbonyl (C=O) groups excluding carboxylic acids is 1. The minimum absolute atomic E-state index is 0.00636. The van der Waals surface area contributed by atoms with Gasteiger partial charge in [0.25, 0.3) is 0 Å². The molecule has 0 bridgehead atoms. The second kappa shape index (κ2) is 9.17. The SMILES string of the molecule is COc1ccccc1-c1nc(COC(=O)c2cccc(S(=O)(=O)N3CCCC3)c2)cs1. The van der Waals surface area contributed by atoms with Crippen LogP contribution in [0.1, 0.15) is 28.9 Å². The van der Waals surface area contributed by atoms with E-state index in [9.17, 15) is 13.2 Å². The number of esters is 1. The van der Waals surface area contributed by atoms with Gasteiger partial charge in [-0.3, -0.25) is 0 Å². The lowest BCUT2D eigenvalue weighted by Gasteiger charge is -2.15. The largest absolute Gasteiger partial charge is 0.496 e. The molecule has 31 heavy (non-hydrogen) atoms. The summed E-state index contributed by atoms with van der Waals surface area (Å²) in [6.45, 7) is 1.01. The number of sulfonamides is 1. The van der Waals surface area contributed by atoms with E-state index in [4.69, 9.17) is 9.47 Å². The summed E-state index contributed by atoms with van der Waals surface area (Å²) in [6, 6.07) is 13.6. The second-order valence-electron chi connectivity index (χ2n) is 7.06. The zero-order valence-corrected chi connectivity index (χ0v) is 18.6. The minimum atomic E-state index is -3.59. The molecule has 2 aromatic carbocycles. The van der Waals surface area contributed by atoms with Gasteiger partial charge in [-0.15, -0.1) is 11.3 Å². The lowest BCUT2D eigenvalue weighted by atomic mass is 10.2. The quantitative estimate of drug-likeness (QED) is 0.498. The van der Waals surface area contributed by atoms with Crippen LogP contribution in [0.2, 0.25) is 0 Å². The molecule has 9 heteroatoms. The number of nitrogens with zero attached hydrogens (tertiary/aromatic N) is 2. The van der Waals surface area contributed by atoms with Crippen molar-refractivity contribution in [1.82, 2.24) is 9.29 Å². The molecule has 0 N–H and O–H groups in total. The summed E-state index contributed by atoms with van der Waals surface area (Å²) in [5.41, 5.74) is 1.67. The molecule has 0 amide bonds. The van der Waals surface area contributed by atoms with Crippen LogP contribution in [0.4, 0.5) is 0 Å². The van der Waals surface area contributed by atoms with Gasteiger partial charge in [0, 0.05) is 18.5 Å². The first-order valence-corrected chi connectivity index (χ1v) is 12.2. The summed E-state index contributed by atoms with van der Waals surface area (Å²) in [6.07, 6.45) is 1.71. The van der Waals surface area contributed by atoms with Gasteiger partial charge in [0.1, 0.15) is 17.4 Å². The van der Waals surface area contributed by atoms with Crippen molar-refractivity contribution in [3.8, 4) is 16.3 Å². The monoisotopic (exact) mass is 458 g/mol. The maximum absolute atomic E-state index is 12.7. The third kappa shape index (κ3) is 4.63. The molecule has 4 rings (SSSR count). The van der Waals surface area contributed by atoms with Gasteiger partial charge >= 0.3 is 5.97 Å². The number of rotatable bonds is 7. The van der Waals surface area contributed by atoms with E-state index < -0.39 is 16.0 Å². The minimum Gasteiger partial charge on any atom is -0.496 e. The smallest absolute Gasteiger partial charge is 0.338 e. The van der Waals surface area contributed by atoms with E-state index in [0.29, 0.717) is 18.8 Å². The first-order chi connectivity index (χ1) is 15.0. The van der Waals surface area contributed by atoms with Gasteiger partial charge in [-0.05, 0) is 43.2 Å². The Labute approximate surface area is 185 Å². The maximum atomic E-state index is 12.7. The number of carbonyl (C=O) groups is 1. The summed E-state index contributed by atoms with van der Waals surface area (Å²) in [5.74, 6) is 0.127. The van der Waals surface area contributed by atoms with Crippen LogP contribution in [-0.2, 0) is 21.4 Å². The van der Waals surface area contributed by atoms with Crippen LogP contribution in [0.5, 0.6) is 5.75 Å². The van der Waals surface area contributed by atoms with Gasteiger partial charge in [-0.25, -0.2) is 18.2 Å².